The van der Waals surface area contributed by atoms with Gasteiger partial charge in [0.1, 0.15) is 17.2 Å². The highest BCUT2D eigenvalue weighted by atomic mass is 16.5. The Balaban J connectivity index is 2.05. The van der Waals surface area contributed by atoms with E-state index in [1.807, 2.05) is 36.4 Å². The summed E-state index contributed by atoms with van der Waals surface area (Å²) < 4.78 is 5.32. The normalized spacial score (nSPS) is 13.2. The van der Waals surface area contributed by atoms with E-state index in [0.29, 0.717) is 5.75 Å². The fourth-order valence-electron chi connectivity index (χ4n) is 3.56. The van der Waals surface area contributed by atoms with Crippen molar-refractivity contribution in [3.05, 3.63) is 88.5 Å². The summed E-state index contributed by atoms with van der Waals surface area (Å²) in [6, 6.07) is 17.7. The van der Waals surface area contributed by atoms with E-state index < -0.39 is 0 Å². The van der Waals surface area contributed by atoms with E-state index in [9.17, 15) is 15.0 Å². The largest absolute Gasteiger partial charge is 0.507 e. The molecule has 0 spiro atoms. The average molecular weight is 332 g/mol. The van der Waals surface area contributed by atoms with Gasteiger partial charge < -0.3 is 14.9 Å². The molecule has 0 atom stereocenters. The van der Waals surface area contributed by atoms with Crippen molar-refractivity contribution >= 4 is 5.78 Å². The molecule has 3 aromatic carbocycles. The highest BCUT2D eigenvalue weighted by molar-refractivity contribution is 6.16. The second kappa shape index (κ2) is 5.67. The average Bonchev–Trinajstić information content (AvgIpc) is 2.62. The molecule has 0 bridgehead atoms. The Morgan fingerprint density at radius 3 is 1.96 bits per heavy atom. The zero-order chi connectivity index (χ0) is 17.6. The van der Waals surface area contributed by atoms with E-state index in [1.54, 1.807) is 19.2 Å². The monoisotopic (exact) mass is 332 g/mol. The molecule has 0 fully saturated rings. The third kappa shape index (κ3) is 2.26. The van der Waals surface area contributed by atoms with Crippen LogP contribution in [0.15, 0.2) is 60.7 Å². The van der Waals surface area contributed by atoms with Crippen molar-refractivity contribution in [1.82, 2.24) is 0 Å². The second-order valence-corrected chi connectivity index (χ2v) is 6.02. The minimum Gasteiger partial charge on any atom is -0.507 e. The van der Waals surface area contributed by atoms with Crippen LogP contribution < -0.4 is 4.74 Å². The van der Waals surface area contributed by atoms with Crippen molar-refractivity contribution < 1.29 is 19.7 Å². The highest BCUT2D eigenvalue weighted by Gasteiger charge is 2.35. The molecule has 0 saturated carbocycles. The van der Waals surface area contributed by atoms with E-state index in [4.69, 9.17) is 4.74 Å². The van der Waals surface area contributed by atoms with Crippen molar-refractivity contribution in [3.8, 4) is 17.2 Å². The Bertz CT molecular complexity index is 935. The number of carbonyl (C=O) groups excluding carboxylic acids is 1. The van der Waals surface area contributed by atoms with E-state index in [-0.39, 0.29) is 34.3 Å². The first-order valence-electron chi connectivity index (χ1n) is 7.94. The van der Waals surface area contributed by atoms with E-state index >= 15 is 0 Å². The summed E-state index contributed by atoms with van der Waals surface area (Å²) in [7, 11) is 1.60. The lowest BCUT2D eigenvalue weighted by molar-refractivity contribution is 0.102. The van der Waals surface area contributed by atoms with E-state index in [0.717, 1.165) is 16.7 Å². The third-order valence-corrected chi connectivity index (χ3v) is 4.65. The van der Waals surface area contributed by atoms with Crippen LogP contribution in [0.2, 0.25) is 0 Å². The molecule has 124 valence electrons. The van der Waals surface area contributed by atoms with Crippen LogP contribution in [-0.4, -0.2) is 23.1 Å². The van der Waals surface area contributed by atoms with Gasteiger partial charge in [0.25, 0.3) is 0 Å². The van der Waals surface area contributed by atoms with Crippen LogP contribution in [0, 0.1) is 0 Å². The van der Waals surface area contributed by atoms with Gasteiger partial charge in [0.2, 0.25) is 5.78 Å². The number of fused-ring (bicyclic) bond motifs is 2. The first-order chi connectivity index (χ1) is 12.1. The Hall–Kier alpha value is -3.27. The van der Waals surface area contributed by atoms with Gasteiger partial charge in [0, 0.05) is 5.92 Å². The first-order valence-corrected chi connectivity index (χ1v) is 7.94. The summed E-state index contributed by atoms with van der Waals surface area (Å²) in [6.07, 6.45) is 0. The van der Waals surface area contributed by atoms with E-state index in [2.05, 4.69) is 0 Å². The Kier molecular flexibility index (Phi) is 3.46. The third-order valence-electron chi connectivity index (χ3n) is 4.65. The van der Waals surface area contributed by atoms with Crippen LogP contribution in [0.1, 0.15) is 38.5 Å². The highest BCUT2D eigenvalue weighted by Crippen LogP contribution is 2.46. The first kappa shape index (κ1) is 15.3. The maximum absolute atomic E-state index is 12.9. The van der Waals surface area contributed by atoms with Gasteiger partial charge >= 0.3 is 0 Å². The number of phenols is 2. The molecule has 4 heteroatoms. The van der Waals surface area contributed by atoms with Gasteiger partial charge in [-0.25, -0.2) is 0 Å². The molecule has 0 saturated heterocycles. The quantitative estimate of drug-likeness (QED) is 0.585. The number of benzene rings is 3. The molecule has 0 unspecified atom stereocenters. The predicted molar refractivity (Wildman–Crippen MR) is 93.6 cm³/mol. The Labute approximate surface area is 144 Å². The number of rotatable bonds is 2. The zero-order valence-electron chi connectivity index (χ0n) is 13.6. The van der Waals surface area contributed by atoms with Gasteiger partial charge in [-0.2, -0.15) is 0 Å². The predicted octanol–water partition coefficient (Wildman–Crippen LogP) is 3.83. The van der Waals surface area contributed by atoms with Crippen molar-refractivity contribution in [1.29, 1.82) is 0 Å². The fourth-order valence-corrected chi connectivity index (χ4v) is 3.56. The summed E-state index contributed by atoms with van der Waals surface area (Å²) in [5.74, 6) is -0.0937. The molecule has 3 aromatic rings. The molecule has 4 rings (SSSR count). The lowest BCUT2D eigenvalue weighted by Gasteiger charge is -2.29. The zero-order valence-corrected chi connectivity index (χ0v) is 13.6. The molecular formula is C21H16O4. The molecule has 25 heavy (non-hydrogen) atoms. The lowest BCUT2D eigenvalue weighted by Crippen LogP contribution is -2.20. The number of aromatic hydroxyl groups is 2. The number of ether oxygens (including phenoxy) is 1. The topological polar surface area (TPSA) is 66.8 Å². The molecule has 2 N–H and O–H groups in total. The number of methoxy groups -OCH3 is 1. The maximum atomic E-state index is 12.9. The Morgan fingerprint density at radius 2 is 1.40 bits per heavy atom. The Morgan fingerprint density at radius 1 is 0.840 bits per heavy atom. The number of ketones is 1. The van der Waals surface area contributed by atoms with Gasteiger partial charge in [-0.05, 0) is 41.0 Å². The van der Waals surface area contributed by atoms with Crippen molar-refractivity contribution in [2.45, 2.75) is 5.92 Å². The SMILES string of the molecule is COc1cccc(C2c3cccc(O)c3C(=O)c3c(O)cccc32)c1. The van der Waals surface area contributed by atoms with Gasteiger partial charge in [-0.15, -0.1) is 0 Å². The smallest absolute Gasteiger partial charge is 0.201 e. The minimum atomic E-state index is -0.361. The number of phenolic OH excluding ortho intramolecular Hbond substituents is 2. The molecule has 0 radical (unpaired) electrons. The number of carbonyl (C=O) groups is 1. The van der Waals surface area contributed by atoms with Crippen LogP contribution in [-0.2, 0) is 0 Å². The van der Waals surface area contributed by atoms with Crippen molar-refractivity contribution in [2.75, 3.05) is 7.11 Å². The minimum absolute atomic E-state index is 0.0794. The summed E-state index contributed by atoms with van der Waals surface area (Å²) in [4.78, 5) is 12.9. The molecule has 1 aliphatic rings. The number of hydrogen-bond acceptors (Lipinski definition) is 4. The molecule has 0 heterocycles. The van der Waals surface area contributed by atoms with Crippen molar-refractivity contribution in [3.63, 3.8) is 0 Å². The van der Waals surface area contributed by atoms with Gasteiger partial charge in [-0.3, -0.25) is 4.79 Å². The number of hydrogen-bond donors (Lipinski definition) is 2. The van der Waals surface area contributed by atoms with Gasteiger partial charge in [0.15, 0.2) is 0 Å². The second-order valence-electron chi connectivity index (χ2n) is 6.02. The van der Waals surface area contributed by atoms with Gasteiger partial charge in [-0.1, -0.05) is 36.4 Å². The summed E-state index contributed by atoms with van der Waals surface area (Å²) >= 11 is 0. The molecule has 0 aliphatic heterocycles. The van der Waals surface area contributed by atoms with Gasteiger partial charge in [0.05, 0.1) is 18.2 Å². The summed E-state index contributed by atoms with van der Waals surface area (Å²) in [6.45, 7) is 0. The molecule has 0 aromatic heterocycles. The van der Waals surface area contributed by atoms with Crippen LogP contribution in [0.5, 0.6) is 17.2 Å². The van der Waals surface area contributed by atoms with Crippen LogP contribution in [0.4, 0.5) is 0 Å². The summed E-state index contributed by atoms with van der Waals surface area (Å²) in [5.41, 5.74) is 2.84. The standard InChI is InChI=1S/C21H16O4/c1-25-13-6-2-5-12(11-13)18-14-7-3-9-16(22)19(14)21(24)20-15(18)8-4-10-17(20)23/h2-11,18,22-23H,1H3. The van der Waals surface area contributed by atoms with E-state index in [1.165, 1.54) is 12.1 Å². The molecule has 0 amide bonds. The van der Waals surface area contributed by atoms with Crippen molar-refractivity contribution in [2.24, 2.45) is 0 Å². The van der Waals surface area contributed by atoms with Crippen LogP contribution >= 0.6 is 0 Å². The summed E-state index contributed by atoms with van der Waals surface area (Å²) in [5, 5.41) is 20.6. The van der Waals surface area contributed by atoms with Crippen LogP contribution in [0.25, 0.3) is 0 Å². The molecule has 4 nitrogen and oxygen atoms in total. The lowest BCUT2D eigenvalue weighted by atomic mass is 9.73. The fraction of sp³-hybridized carbons (Fsp3) is 0.0952. The molecule has 1 aliphatic carbocycles. The van der Waals surface area contributed by atoms with Crippen LogP contribution in [0.3, 0.4) is 0 Å². The maximum Gasteiger partial charge on any atom is 0.201 e. The molecular weight excluding hydrogens is 316 g/mol.